The molecule has 2 saturated heterocycles. The largest absolute Gasteiger partial charge is 0.319 e. The number of carbonyl (C=O) groups is 1. The molecule has 0 radical (unpaired) electrons. The molecule has 2 fully saturated rings. The molecule has 1 aromatic rings. The van der Waals surface area contributed by atoms with Gasteiger partial charge in [-0.15, -0.1) is 11.3 Å². The Hall–Kier alpha value is -0.910. The van der Waals surface area contributed by atoms with Crippen LogP contribution < -0.4 is 5.32 Å². The normalized spacial score (nSPS) is 27.2. The SMILES string of the molecule is CC(C)C1NC(c2cccs2)N(CCN2CCCC2)C1=O. The third-order valence-electron chi connectivity index (χ3n) is 4.53. The van der Waals surface area contributed by atoms with Crippen molar-refractivity contribution >= 4 is 17.2 Å². The van der Waals surface area contributed by atoms with Crippen LogP contribution in [0.1, 0.15) is 37.7 Å². The molecule has 3 heterocycles. The maximum atomic E-state index is 12.7. The Morgan fingerprint density at radius 3 is 2.71 bits per heavy atom. The molecule has 1 amide bonds. The van der Waals surface area contributed by atoms with Gasteiger partial charge in [0, 0.05) is 18.0 Å². The molecule has 3 rings (SSSR count). The number of nitrogens with zero attached hydrogens (tertiary/aromatic N) is 2. The molecule has 116 valence electrons. The molecule has 0 saturated carbocycles. The summed E-state index contributed by atoms with van der Waals surface area (Å²) in [5.74, 6) is 0.597. The van der Waals surface area contributed by atoms with Crippen molar-refractivity contribution in [1.29, 1.82) is 0 Å². The second-order valence-electron chi connectivity index (χ2n) is 6.39. The predicted octanol–water partition coefficient (Wildman–Crippen LogP) is 2.30. The average molecular weight is 307 g/mol. The van der Waals surface area contributed by atoms with E-state index in [1.165, 1.54) is 30.8 Å². The van der Waals surface area contributed by atoms with Crippen LogP contribution in [-0.2, 0) is 4.79 Å². The minimum atomic E-state index is -0.0457. The first-order chi connectivity index (χ1) is 10.2. The van der Waals surface area contributed by atoms with Crippen LogP contribution >= 0.6 is 11.3 Å². The first kappa shape index (κ1) is 15.0. The van der Waals surface area contributed by atoms with Crippen LogP contribution in [-0.4, -0.2) is 47.9 Å². The average Bonchev–Trinajstić information content (AvgIpc) is 3.17. The molecule has 1 N–H and O–H groups in total. The van der Waals surface area contributed by atoms with Crippen LogP contribution in [0.5, 0.6) is 0 Å². The molecule has 2 aliphatic heterocycles. The quantitative estimate of drug-likeness (QED) is 0.906. The monoisotopic (exact) mass is 307 g/mol. The lowest BCUT2D eigenvalue weighted by atomic mass is 10.1. The number of thiophene rings is 1. The third-order valence-corrected chi connectivity index (χ3v) is 5.46. The molecule has 0 aliphatic carbocycles. The second kappa shape index (κ2) is 6.46. The van der Waals surface area contributed by atoms with E-state index >= 15 is 0 Å². The van der Waals surface area contributed by atoms with Gasteiger partial charge in [-0.1, -0.05) is 19.9 Å². The third kappa shape index (κ3) is 3.15. The van der Waals surface area contributed by atoms with Crippen molar-refractivity contribution in [1.82, 2.24) is 15.1 Å². The summed E-state index contributed by atoms with van der Waals surface area (Å²) < 4.78 is 0. The number of likely N-dealkylation sites (tertiary alicyclic amines) is 1. The number of hydrogen-bond acceptors (Lipinski definition) is 4. The lowest BCUT2D eigenvalue weighted by Gasteiger charge is -2.26. The van der Waals surface area contributed by atoms with Gasteiger partial charge < -0.3 is 9.80 Å². The van der Waals surface area contributed by atoms with Gasteiger partial charge >= 0.3 is 0 Å². The van der Waals surface area contributed by atoms with E-state index in [0.717, 1.165) is 13.1 Å². The van der Waals surface area contributed by atoms with Crippen LogP contribution in [0.4, 0.5) is 0 Å². The Balaban J connectivity index is 1.71. The Labute approximate surface area is 131 Å². The van der Waals surface area contributed by atoms with E-state index in [4.69, 9.17) is 0 Å². The van der Waals surface area contributed by atoms with Gasteiger partial charge in [0.15, 0.2) is 0 Å². The summed E-state index contributed by atoms with van der Waals surface area (Å²) in [6.45, 7) is 8.44. The molecule has 0 spiro atoms. The summed E-state index contributed by atoms with van der Waals surface area (Å²) in [6, 6.07) is 4.14. The number of carbonyl (C=O) groups excluding carboxylic acids is 1. The van der Waals surface area contributed by atoms with Gasteiger partial charge in [-0.3, -0.25) is 10.1 Å². The molecule has 21 heavy (non-hydrogen) atoms. The van der Waals surface area contributed by atoms with Crippen LogP contribution in [0.25, 0.3) is 0 Å². The Morgan fingerprint density at radius 1 is 1.33 bits per heavy atom. The fourth-order valence-electron chi connectivity index (χ4n) is 3.29. The van der Waals surface area contributed by atoms with E-state index in [0.29, 0.717) is 5.92 Å². The second-order valence-corrected chi connectivity index (χ2v) is 7.37. The van der Waals surface area contributed by atoms with Crippen LogP contribution in [0, 0.1) is 5.92 Å². The van der Waals surface area contributed by atoms with E-state index in [2.05, 4.69) is 46.5 Å². The standard InChI is InChI=1S/C16H25N3OS/c1-12(2)14-16(20)19(10-9-18-7-3-4-8-18)15(17-14)13-6-5-11-21-13/h5-6,11-12,14-15,17H,3-4,7-10H2,1-2H3. The van der Waals surface area contributed by atoms with Crippen molar-refractivity contribution in [3.05, 3.63) is 22.4 Å². The fourth-order valence-corrected chi connectivity index (χ4v) is 4.09. The number of hydrogen-bond donors (Lipinski definition) is 1. The van der Waals surface area contributed by atoms with E-state index < -0.39 is 0 Å². The summed E-state index contributed by atoms with van der Waals surface area (Å²) in [4.78, 5) is 18.5. The summed E-state index contributed by atoms with van der Waals surface area (Å²) in [5, 5.41) is 5.62. The maximum absolute atomic E-state index is 12.7. The van der Waals surface area contributed by atoms with Gasteiger partial charge in [-0.05, 0) is 43.3 Å². The molecule has 1 aromatic heterocycles. The zero-order valence-electron chi connectivity index (χ0n) is 12.9. The molecule has 2 atom stereocenters. The van der Waals surface area contributed by atoms with E-state index in [-0.39, 0.29) is 18.1 Å². The van der Waals surface area contributed by atoms with E-state index in [9.17, 15) is 4.79 Å². The van der Waals surface area contributed by atoms with Crippen LogP contribution in [0.2, 0.25) is 0 Å². The molecule has 2 unspecified atom stereocenters. The minimum Gasteiger partial charge on any atom is -0.319 e. The lowest BCUT2D eigenvalue weighted by Crippen LogP contribution is -2.38. The number of nitrogens with one attached hydrogen (secondary N) is 1. The Bertz CT molecular complexity index is 468. The van der Waals surface area contributed by atoms with E-state index in [1.807, 2.05) is 0 Å². The van der Waals surface area contributed by atoms with Gasteiger partial charge in [0.25, 0.3) is 0 Å². The van der Waals surface area contributed by atoms with Crippen molar-refractivity contribution < 1.29 is 4.79 Å². The van der Waals surface area contributed by atoms with E-state index in [1.54, 1.807) is 11.3 Å². The van der Waals surface area contributed by atoms with Crippen molar-refractivity contribution in [3.63, 3.8) is 0 Å². The van der Waals surface area contributed by atoms with Gasteiger partial charge in [-0.2, -0.15) is 0 Å². The number of rotatable bonds is 5. The molecule has 2 aliphatic rings. The molecular weight excluding hydrogens is 282 g/mol. The Kier molecular flexibility index (Phi) is 4.62. The lowest BCUT2D eigenvalue weighted by molar-refractivity contribution is -0.131. The highest BCUT2D eigenvalue weighted by molar-refractivity contribution is 7.10. The zero-order chi connectivity index (χ0) is 14.8. The van der Waals surface area contributed by atoms with Gasteiger partial charge in [-0.25, -0.2) is 0 Å². The summed E-state index contributed by atoms with van der Waals surface area (Å²) in [5.41, 5.74) is 0. The van der Waals surface area contributed by atoms with Crippen molar-refractivity contribution in [2.45, 2.75) is 38.9 Å². The predicted molar refractivity (Wildman–Crippen MR) is 86.2 cm³/mol. The first-order valence-electron chi connectivity index (χ1n) is 7.99. The fraction of sp³-hybridized carbons (Fsp3) is 0.688. The summed E-state index contributed by atoms with van der Waals surface area (Å²) in [7, 11) is 0. The zero-order valence-corrected chi connectivity index (χ0v) is 13.7. The minimum absolute atomic E-state index is 0.0457. The molecule has 4 nitrogen and oxygen atoms in total. The van der Waals surface area contributed by atoms with Crippen LogP contribution in [0.3, 0.4) is 0 Å². The highest BCUT2D eigenvalue weighted by atomic mass is 32.1. The molecule has 0 bridgehead atoms. The van der Waals surface area contributed by atoms with Crippen LogP contribution in [0.15, 0.2) is 17.5 Å². The van der Waals surface area contributed by atoms with Gasteiger partial charge in [0.1, 0.15) is 6.17 Å². The first-order valence-corrected chi connectivity index (χ1v) is 8.87. The van der Waals surface area contributed by atoms with Crippen molar-refractivity contribution in [2.75, 3.05) is 26.2 Å². The van der Waals surface area contributed by atoms with Gasteiger partial charge in [0.2, 0.25) is 5.91 Å². The smallest absolute Gasteiger partial charge is 0.241 e. The van der Waals surface area contributed by atoms with Crippen molar-refractivity contribution in [3.8, 4) is 0 Å². The Morgan fingerprint density at radius 2 is 2.10 bits per heavy atom. The highest BCUT2D eigenvalue weighted by Crippen LogP contribution is 2.30. The molecule has 5 heteroatoms. The molecule has 0 aromatic carbocycles. The van der Waals surface area contributed by atoms with Crippen molar-refractivity contribution in [2.24, 2.45) is 5.92 Å². The topological polar surface area (TPSA) is 35.6 Å². The highest BCUT2D eigenvalue weighted by Gasteiger charge is 2.41. The number of amides is 1. The maximum Gasteiger partial charge on any atom is 0.241 e. The molecular formula is C16H25N3OS. The summed E-state index contributed by atoms with van der Waals surface area (Å²) >= 11 is 1.73. The summed E-state index contributed by atoms with van der Waals surface area (Å²) in [6.07, 6.45) is 2.66. The van der Waals surface area contributed by atoms with Gasteiger partial charge in [0.05, 0.1) is 6.04 Å².